The van der Waals surface area contributed by atoms with Gasteiger partial charge in [0.1, 0.15) is 18.0 Å². The molecule has 6 heterocycles. The SMILES string of the molecule is CC(=O)c1c([C@@H]2C[C@H]3CC[C@@H](C2)N3C(=O)c2nnc[nH]2)nc2c(-c3ccc(-c4ccc(F)cc4)nc3)cnn2c1N. The maximum absolute atomic E-state index is 13.3. The highest BCUT2D eigenvalue weighted by Gasteiger charge is 2.45. The largest absolute Gasteiger partial charge is 0.383 e. The lowest BCUT2D eigenvalue weighted by Crippen LogP contribution is -2.46. The topological polar surface area (TPSA) is 148 Å². The van der Waals surface area contributed by atoms with Gasteiger partial charge >= 0.3 is 0 Å². The molecule has 12 heteroatoms. The minimum atomic E-state index is -0.304. The first kappa shape index (κ1) is 25.0. The van der Waals surface area contributed by atoms with Crippen molar-refractivity contribution in [2.75, 3.05) is 5.73 Å². The minimum Gasteiger partial charge on any atom is -0.383 e. The number of piperidine rings is 1. The van der Waals surface area contributed by atoms with Crippen molar-refractivity contribution in [3.8, 4) is 22.4 Å². The van der Waals surface area contributed by atoms with Crippen molar-refractivity contribution in [1.29, 1.82) is 0 Å². The molecular weight excluding hydrogens is 525 g/mol. The average Bonchev–Trinajstić information content (AvgIpc) is 3.71. The highest BCUT2D eigenvalue weighted by atomic mass is 19.1. The number of H-pyrrole nitrogens is 1. The number of pyridine rings is 1. The number of benzene rings is 1. The van der Waals surface area contributed by atoms with E-state index in [0.29, 0.717) is 35.4 Å². The lowest BCUT2D eigenvalue weighted by atomic mass is 9.85. The summed E-state index contributed by atoms with van der Waals surface area (Å²) in [6, 6.07) is 9.94. The number of carbonyl (C=O) groups excluding carboxylic acids is 2. The predicted octanol–water partition coefficient (Wildman–Crippen LogP) is 4.05. The van der Waals surface area contributed by atoms with Crippen LogP contribution in [0.25, 0.3) is 28.0 Å². The van der Waals surface area contributed by atoms with Crippen LogP contribution in [0.2, 0.25) is 0 Å². The Balaban J connectivity index is 1.25. The molecule has 41 heavy (non-hydrogen) atoms. The number of nitrogens with two attached hydrogens (primary N) is 1. The van der Waals surface area contributed by atoms with Crippen molar-refractivity contribution in [2.24, 2.45) is 0 Å². The number of carbonyl (C=O) groups is 2. The third kappa shape index (κ3) is 4.14. The summed E-state index contributed by atoms with van der Waals surface area (Å²) in [5.74, 6) is -0.219. The molecule has 0 spiro atoms. The van der Waals surface area contributed by atoms with Gasteiger partial charge in [-0.2, -0.15) is 9.61 Å². The van der Waals surface area contributed by atoms with Gasteiger partial charge in [-0.05, 0) is 62.9 Å². The third-order valence-electron chi connectivity index (χ3n) is 8.25. The van der Waals surface area contributed by atoms with Crippen LogP contribution < -0.4 is 5.73 Å². The van der Waals surface area contributed by atoms with Crippen LogP contribution in [0.1, 0.15) is 65.2 Å². The second-order valence-corrected chi connectivity index (χ2v) is 10.6. The van der Waals surface area contributed by atoms with E-state index in [1.54, 1.807) is 24.5 Å². The van der Waals surface area contributed by atoms with Crippen LogP contribution in [0.3, 0.4) is 0 Å². The van der Waals surface area contributed by atoms with Crippen LogP contribution >= 0.6 is 0 Å². The van der Waals surface area contributed by atoms with E-state index < -0.39 is 0 Å². The number of hydrogen-bond donors (Lipinski definition) is 2. The van der Waals surface area contributed by atoms with Gasteiger partial charge in [-0.3, -0.25) is 14.6 Å². The summed E-state index contributed by atoms with van der Waals surface area (Å²) < 4.78 is 14.8. The number of aromatic amines is 1. The van der Waals surface area contributed by atoms with Gasteiger partial charge in [-0.25, -0.2) is 9.37 Å². The number of aromatic nitrogens is 7. The smallest absolute Gasteiger partial charge is 0.292 e. The number of ketones is 1. The van der Waals surface area contributed by atoms with E-state index in [1.165, 1.54) is 29.9 Å². The number of rotatable bonds is 5. The molecule has 1 aromatic carbocycles. The Morgan fingerprint density at radius 3 is 2.39 bits per heavy atom. The Hall–Kier alpha value is -5.00. The van der Waals surface area contributed by atoms with E-state index in [9.17, 15) is 14.0 Å². The number of halogens is 1. The third-order valence-corrected chi connectivity index (χ3v) is 8.25. The van der Waals surface area contributed by atoms with E-state index in [2.05, 4.69) is 25.3 Å². The van der Waals surface area contributed by atoms with Gasteiger partial charge in [-0.1, -0.05) is 6.07 Å². The fourth-order valence-electron chi connectivity index (χ4n) is 6.40. The van der Waals surface area contributed by atoms with E-state index >= 15 is 0 Å². The van der Waals surface area contributed by atoms with Crippen LogP contribution in [0.4, 0.5) is 10.2 Å². The fourth-order valence-corrected chi connectivity index (χ4v) is 6.40. The van der Waals surface area contributed by atoms with Crippen molar-refractivity contribution < 1.29 is 14.0 Å². The van der Waals surface area contributed by atoms with Crippen molar-refractivity contribution in [1.82, 2.24) is 39.7 Å². The van der Waals surface area contributed by atoms with Crippen LogP contribution in [-0.2, 0) is 0 Å². The summed E-state index contributed by atoms with van der Waals surface area (Å²) in [5, 5.41) is 12.1. The maximum atomic E-state index is 13.3. The fraction of sp³-hybridized carbons (Fsp3) is 0.276. The number of amides is 1. The molecule has 2 aliphatic heterocycles. The number of anilines is 1. The molecule has 5 aromatic rings. The summed E-state index contributed by atoms with van der Waals surface area (Å²) in [6.07, 6.45) is 7.87. The molecule has 2 aliphatic rings. The lowest BCUT2D eigenvalue weighted by molar-refractivity contribution is 0.0556. The van der Waals surface area contributed by atoms with Crippen LogP contribution in [0, 0.1) is 5.82 Å². The molecule has 1 amide bonds. The normalized spacial score (nSPS) is 20.0. The molecule has 11 nitrogen and oxygen atoms in total. The van der Waals surface area contributed by atoms with Gasteiger partial charge in [0.15, 0.2) is 11.4 Å². The van der Waals surface area contributed by atoms with E-state index in [0.717, 1.165) is 29.5 Å². The first-order valence-corrected chi connectivity index (χ1v) is 13.5. The molecular formula is C29H26FN9O2. The van der Waals surface area contributed by atoms with E-state index in [-0.39, 0.29) is 47.2 Å². The summed E-state index contributed by atoms with van der Waals surface area (Å²) in [4.78, 5) is 40.3. The van der Waals surface area contributed by atoms with Gasteiger partial charge in [-0.15, -0.1) is 10.2 Å². The predicted molar refractivity (Wildman–Crippen MR) is 147 cm³/mol. The molecule has 0 aliphatic carbocycles. The second-order valence-electron chi connectivity index (χ2n) is 10.6. The zero-order valence-electron chi connectivity index (χ0n) is 22.2. The van der Waals surface area contributed by atoms with Gasteiger partial charge < -0.3 is 15.6 Å². The monoisotopic (exact) mass is 551 g/mol. The second kappa shape index (κ2) is 9.58. The summed E-state index contributed by atoms with van der Waals surface area (Å²) in [6.45, 7) is 1.49. The zero-order chi connectivity index (χ0) is 28.2. The quantitative estimate of drug-likeness (QED) is 0.311. The number of nitrogens with zero attached hydrogens (tertiary/aromatic N) is 7. The van der Waals surface area contributed by atoms with Crippen LogP contribution in [0.15, 0.2) is 55.1 Å². The molecule has 2 saturated heterocycles. The summed E-state index contributed by atoms with van der Waals surface area (Å²) in [5.41, 5.74) is 11.1. The van der Waals surface area contributed by atoms with Gasteiger partial charge in [0.05, 0.1) is 23.1 Å². The van der Waals surface area contributed by atoms with Crippen LogP contribution in [-0.4, -0.2) is 63.4 Å². The average molecular weight is 552 g/mol. The lowest BCUT2D eigenvalue weighted by Gasteiger charge is -2.38. The molecule has 4 aromatic heterocycles. The summed E-state index contributed by atoms with van der Waals surface area (Å²) in [7, 11) is 0. The van der Waals surface area contributed by atoms with Gasteiger partial charge in [0.25, 0.3) is 5.91 Å². The van der Waals surface area contributed by atoms with Crippen molar-refractivity contribution in [3.63, 3.8) is 0 Å². The number of nitrogens with one attached hydrogen (secondary N) is 1. The van der Waals surface area contributed by atoms with Crippen molar-refractivity contribution >= 4 is 23.2 Å². The molecule has 0 radical (unpaired) electrons. The number of fused-ring (bicyclic) bond motifs is 3. The molecule has 2 bridgehead atoms. The number of nitrogen functional groups attached to an aromatic ring is 1. The molecule has 3 N–H and O–H groups in total. The molecule has 2 fully saturated rings. The number of Topliss-reactive ketones (excluding diaryl/α,β-unsaturated/α-hetero) is 1. The molecule has 0 unspecified atom stereocenters. The molecule has 0 saturated carbocycles. The van der Waals surface area contributed by atoms with E-state index in [4.69, 9.17) is 10.7 Å². The standard InChI is InChI=1S/C29H26FN9O2/c1-15(40)24-25(18-10-20-7-8-21(11-18)38(20)29(41)27-33-14-34-37-27)36-28-22(13-35-39(28)26(24)31)17-4-9-23(32-12-17)16-2-5-19(30)6-3-16/h2-6,9,12-14,18,20-21H,7-8,10-11,31H2,1H3,(H,33,34,37)/t18-,20-,21+. The first-order chi connectivity index (χ1) is 19.9. The minimum absolute atomic E-state index is 0.00277. The van der Waals surface area contributed by atoms with Crippen LogP contribution in [0.5, 0.6) is 0 Å². The highest BCUT2D eigenvalue weighted by Crippen LogP contribution is 2.45. The Morgan fingerprint density at radius 2 is 1.76 bits per heavy atom. The Morgan fingerprint density at radius 1 is 1.02 bits per heavy atom. The Kier molecular flexibility index (Phi) is 5.84. The van der Waals surface area contributed by atoms with Crippen molar-refractivity contribution in [2.45, 2.75) is 50.6 Å². The molecule has 7 rings (SSSR count). The molecule has 206 valence electrons. The first-order valence-electron chi connectivity index (χ1n) is 13.5. The zero-order valence-corrected chi connectivity index (χ0v) is 22.2. The highest BCUT2D eigenvalue weighted by molar-refractivity contribution is 6.00. The Labute approximate surface area is 233 Å². The van der Waals surface area contributed by atoms with E-state index in [1.807, 2.05) is 17.0 Å². The molecule has 3 atom stereocenters. The summed E-state index contributed by atoms with van der Waals surface area (Å²) >= 11 is 0. The Bertz CT molecular complexity index is 1770. The van der Waals surface area contributed by atoms with Gasteiger partial charge in [0.2, 0.25) is 5.82 Å². The van der Waals surface area contributed by atoms with Crippen molar-refractivity contribution in [3.05, 3.63) is 78.0 Å². The number of hydrogen-bond acceptors (Lipinski definition) is 8. The van der Waals surface area contributed by atoms with Gasteiger partial charge in [0, 0.05) is 40.9 Å². The maximum Gasteiger partial charge on any atom is 0.292 e.